The molecule has 0 saturated carbocycles. The SMILES string of the molecule is Cc1ccc(N2CC(C)(C)N(c3ccc(F)cc3)c3cc(C=N)c(N)cc32)cc1. The van der Waals surface area contributed by atoms with Crippen LogP contribution < -0.4 is 15.5 Å². The summed E-state index contributed by atoms with van der Waals surface area (Å²) in [4.78, 5) is 4.47. The zero-order valence-corrected chi connectivity index (χ0v) is 16.9. The second kappa shape index (κ2) is 6.92. The molecule has 0 spiro atoms. The van der Waals surface area contributed by atoms with Gasteiger partial charge >= 0.3 is 0 Å². The van der Waals surface area contributed by atoms with Crippen molar-refractivity contribution in [1.29, 1.82) is 5.41 Å². The number of halogens is 1. The van der Waals surface area contributed by atoms with Gasteiger partial charge in [0.25, 0.3) is 0 Å². The van der Waals surface area contributed by atoms with E-state index >= 15 is 0 Å². The summed E-state index contributed by atoms with van der Waals surface area (Å²) in [5.74, 6) is -0.262. The lowest BCUT2D eigenvalue weighted by molar-refractivity contribution is 0.498. The van der Waals surface area contributed by atoms with Crippen LogP contribution in [0.15, 0.2) is 60.7 Å². The number of benzene rings is 3. The summed E-state index contributed by atoms with van der Waals surface area (Å²) < 4.78 is 13.6. The van der Waals surface area contributed by atoms with Gasteiger partial charge in [0.05, 0.1) is 16.9 Å². The predicted octanol–water partition coefficient (Wildman–Crippen LogP) is 5.78. The molecular weight excluding hydrogens is 363 g/mol. The van der Waals surface area contributed by atoms with Gasteiger partial charge in [-0.3, -0.25) is 0 Å². The first-order chi connectivity index (χ1) is 13.8. The maximum atomic E-state index is 13.6. The summed E-state index contributed by atoms with van der Waals surface area (Å²) in [7, 11) is 0. The lowest BCUT2D eigenvalue weighted by atomic mass is 9.93. The smallest absolute Gasteiger partial charge is 0.123 e. The number of hydrogen-bond acceptors (Lipinski definition) is 4. The van der Waals surface area contributed by atoms with E-state index < -0.39 is 0 Å². The van der Waals surface area contributed by atoms with Crippen LogP contribution in [0.5, 0.6) is 0 Å². The van der Waals surface area contributed by atoms with Crippen molar-refractivity contribution in [2.45, 2.75) is 26.3 Å². The van der Waals surface area contributed by atoms with Gasteiger partial charge < -0.3 is 20.9 Å². The monoisotopic (exact) mass is 388 g/mol. The molecule has 0 bridgehead atoms. The molecule has 5 heteroatoms. The Labute approximate surface area is 170 Å². The molecule has 0 unspecified atom stereocenters. The molecule has 0 saturated heterocycles. The second-order valence-electron chi connectivity index (χ2n) is 8.16. The fourth-order valence-corrected chi connectivity index (χ4v) is 4.03. The van der Waals surface area contributed by atoms with Gasteiger partial charge in [-0.25, -0.2) is 4.39 Å². The molecule has 148 valence electrons. The van der Waals surface area contributed by atoms with Crippen molar-refractivity contribution in [3.05, 3.63) is 77.6 Å². The molecule has 3 aromatic rings. The lowest BCUT2D eigenvalue weighted by Gasteiger charge is -2.50. The summed E-state index contributed by atoms with van der Waals surface area (Å²) >= 11 is 0. The molecule has 4 nitrogen and oxygen atoms in total. The van der Waals surface area contributed by atoms with Crippen LogP contribution in [0, 0.1) is 18.2 Å². The molecule has 29 heavy (non-hydrogen) atoms. The van der Waals surface area contributed by atoms with Gasteiger partial charge in [-0.15, -0.1) is 0 Å². The van der Waals surface area contributed by atoms with Crippen LogP contribution in [0.2, 0.25) is 0 Å². The molecule has 0 fully saturated rings. The Morgan fingerprint density at radius 2 is 1.59 bits per heavy atom. The zero-order chi connectivity index (χ0) is 20.8. The highest BCUT2D eigenvalue weighted by atomic mass is 19.1. The zero-order valence-electron chi connectivity index (χ0n) is 16.9. The molecule has 3 N–H and O–H groups in total. The Balaban J connectivity index is 1.95. The van der Waals surface area contributed by atoms with Gasteiger partial charge in [-0.1, -0.05) is 17.7 Å². The average molecular weight is 388 g/mol. The number of nitrogens with one attached hydrogen (secondary N) is 1. The van der Waals surface area contributed by atoms with E-state index in [9.17, 15) is 4.39 Å². The van der Waals surface area contributed by atoms with E-state index in [1.807, 2.05) is 12.1 Å². The average Bonchev–Trinajstić information content (AvgIpc) is 2.69. The van der Waals surface area contributed by atoms with Gasteiger partial charge in [0, 0.05) is 35.4 Å². The summed E-state index contributed by atoms with van der Waals surface area (Å²) in [6.45, 7) is 7.13. The largest absolute Gasteiger partial charge is 0.398 e. The van der Waals surface area contributed by atoms with Crippen LogP contribution in [-0.4, -0.2) is 18.3 Å². The van der Waals surface area contributed by atoms with Gasteiger partial charge in [0.2, 0.25) is 0 Å². The first-order valence-corrected chi connectivity index (χ1v) is 9.64. The number of nitrogens with two attached hydrogens (primary N) is 1. The first-order valence-electron chi connectivity index (χ1n) is 9.64. The fraction of sp³-hybridized carbons (Fsp3) is 0.208. The van der Waals surface area contributed by atoms with Gasteiger partial charge in [-0.05, 0) is 69.3 Å². The third-order valence-corrected chi connectivity index (χ3v) is 5.45. The molecule has 1 heterocycles. The molecule has 0 aromatic heterocycles. The molecule has 0 amide bonds. The van der Waals surface area contributed by atoms with Crippen LogP contribution in [0.25, 0.3) is 0 Å². The second-order valence-corrected chi connectivity index (χ2v) is 8.16. The van der Waals surface area contributed by atoms with E-state index in [-0.39, 0.29) is 11.4 Å². The predicted molar refractivity (Wildman–Crippen MR) is 120 cm³/mol. The number of anilines is 5. The number of rotatable bonds is 3. The molecule has 0 radical (unpaired) electrons. The summed E-state index contributed by atoms with van der Waals surface area (Å²) in [5, 5.41) is 7.75. The Kier molecular flexibility index (Phi) is 4.53. The van der Waals surface area contributed by atoms with Crippen molar-refractivity contribution in [2.75, 3.05) is 22.1 Å². The topological polar surface area (TPSA) is 56.4 Å². The van der Waals surface area contributed by atoms with Crippen molar-refractivity contribution in [2.24, 2.45) is 0 Å². The van der Waals surface area contributed by atoms with E-state index in [4.69, 9.17) is 11.1 Å². The van der Waals surface area contributed by atoms with E-state index in [2.05, 4.69) is 54.8 Å². The van der Waals surface area contributed by atoms with E-state index in [0.717, 1.165) is 29.3 Å². The third kappa shape index (κ3) is 3.33. The Hall–Kier alpha value is -3.34. The minimum absolute atomic E-state index is 0.262. The standard InChI is InChI=1S/C24H25FN4/c1-16-4-8-19(9-5-16)28-15-24(2,3)29(20-10-6-18(25)7-11-20)23-12-17(14-26)21(27)13-22(23)28/h4-14,26H,15,27H2,1-3H3. The molecule has 0 aliphatic carbocycles. The van der Waals surface area contributed by atoms with Crippen LogP contribution >= 0.6 is 0 Å². The lowest BCUT2D eigenvalue weighted by Crippen LogP contribution is -2.52. The number of fused-ring (bicyclic) bond motifs is 1. The Morgan fingerprint density at radius 3 is 2.21 bits per heavy atom. The molecular formula is C24H25FN4. The van der Waals surface area contributed by atoms with Gasteiger partial charge in [0.1, 0.15) is 5.82 Å². The molecule has 1 aliphatic rings. The molecule has 4 rings (SSSR count). The summed E-state index contributed by atoms with van der Waals surface area (Å²) in [6, 6.07) is 18.9. The first kappa shape index (κ1) is 19.0. The third-order valence-electron chi connectivity index (χ3n) is 5.45. The number of hydrogen-bond donors (Lipinski definition) is 2. The molecule has 3 aromatic carbocycles. The van der Waals surface area contributed by atoms with E-state index in [1.165, 1.54) is 23.9 Å². The number of nitrogen functional groups attached to an aromatic ring is 1. The normalized spacial score (nSPS) is 15.2. The van der Waals surface area contributed by atoms with Crippen LogP contribution in [-0.2, 0) is 0 Å². The molecule has 1 aliphatic heterocycles. The van der Waals surface area contributed by atoms with Crippen LogP contribution in [0.1, 0.15) is 25.0 Å². The summed E-state index contributed by atoms with van der Waals surface area (Å²) in [6.07, 6.45) is 1.27. The van der Waals surface area contributed by atoms with Crippen molar-refractivity contribution < 1.29 is 4.39 Å². The highest BCUT2D eigenvalue weighted by Gasteiger charge is 2.38. The quantitative estimate of drug-likeness (QED) is 0.441. The van der Waals surface area contributed by atoms with Crippen LogP contribution in [0.4, 0.5) is 32.8 Å². The van der Waals surface area contributed by atoms with Gasteiger partial charge in [0.15, 0.2) is 0 Å². The number of nitrogens with zero attached hydrogens (tertiary/aromatic N) is 2. The van der Waals surface area contributed by atoms with Gasteiger partial charge in [-0.2, -0.15) is 0 Å². The van der Waals surface area contributed by atoms with Crippen LogP contribution in [0.3, 0.4) is 0 Å². The Morgan fingerprint density at radius 1 is 0.966 bits per heavy atom. The van der Waals surface area contributed by atoms with E-state index in [1.54, 1.807) is 12.1 Å². The highest BCUT2D eigenvalue weighted by Crippen LogP contribution is 2.48. The minimum Gasteiger partial charge on any atom is -0.398 e. The van der Waals surface area contributed by atoms with E-state index in [0.29, 0.717) is 11.3 Å². The molecule has 0 atom stereocenters. The maximum absolute atomic E-state index is 13.6. The summed E-state index contributed by atoms with van der Waals surface area (Å²) in [5.41, 5.74) is 12.3. The van der Waals surface area contributed by atoms with Crippen molar-refractivity contribution in [3.8, 4) is 0 Å². The maximum Gasteiger partial charge on any atom is 0.123 e. The fourth-order valence-electron chi connectivity index (χ4n) is 4.03. The van der Waals surface area contributed by atoms with Crippen molar-refractivity contribution >= 4 is 34.7 Å². The van der Waals surface area contributed by atoms with Crippen molar-refractivity contribution in [1.82, 2.24) is 0 Å². The van der Waals surface area contributed by atoms with Crippen molar-refractivity contribution in [3.63, 3.8) is 0 Å². The minimum atomic E-state index is -0.287. The number of aryl methyl sites for hydroxylation is 1. The Bertz CT molecular complexity index is 1060. The highest BCUT2D eigenvalue weighted by molar-refractivity contribution is 5.95.